The maximum atomic E-state index is 13.0. The molecule has 2 aliphatic rings. The molecule has 1 aliphatic carbocycles. The first-order chi connectivity index (χ1) is 13.8. The topological polar surface area (TPSA) is 57.5 Å². The molecule has 0 radical (unpaired) electrons. The Labute approximate surface area is 193 Å². The summed E-state index contributed by atoms with van der Waals surface area (Å²) in [4.78, 5) is 0.215. The van der Waals surface area contributed by atoms with E-state index in [0.717, 1.165) is 41.7 Å². The monoisotopic (exact) mass is 515 g/mol. The average molecular weight is 516 g/mol. The average Bonchev–Trinajstić information content (AvgIpc) is 2.68. The summed E-state index contributed by atoms with van der Waals surface area (Å²) in [6, 6.07) is 10.5. The quantitative estimate of drug-likeness (QED) is 0.348. The first kappa shape index (κ1) is 23.1. The fraction of sp³-hybridized carbons (Fsp3) is 0.375. The number of rotatable bonds is 4. The van der Waals surface area contributed by atoms with Crippen LogP contribution in [0.3, 0.4) is 0 Å². The largest absolute Gasteiger partial charge is 2.00 e. The van der Waals surface area contributed by atoms with Gasteiger partial charge in [0, 0.05) is 5.56 Å². The predicted octanol–water partition coefficient (Wildman–Crippen LogP) is 6.43. The van der Waals surface area contributed by atoms with Gasteiger partial charge in [0.05, 0.1) is 4.90 Å². The van der Waals surface area contributed by atoms with Crippen molar-refractivity contribution in [1.82, 2.24) is 0 Å². The summed E-state index contributed by atoms with van der Waals surface area (Å²) in [5.41, 5.74) is 3.06. The first-order valence-electron chi connectivity index (χ1n) is 10.2. The van der Waals surface area contributed by atoms with E-state index in [9.17, 15) is 8.42 Å². The van der Waals surface area contributed by atoms with Crippen molar-refractivity contribution < 1.29 is 33.6 Å². The molecule has 0 saturated heterocycles. The Morgan fingerprint density at radius 2 is 1.83 bits per heavy atom. The van der Waals surface area contributed by atoms with Crippen molar-refractivity contribution in [3.63, 3.8) is 0 Å². The molecule has 0 N–H and O–H groups in total. The maximum absolute atomic E-state index is 13.0. The minimum absolute atomic E-state index is 0. The fourth-order valence-electron chi connectivity index (χ4n) is 4.04. The minimum atomic E-state index is -3.79. The van der Waals surface area contributed by atoms with Crippen LogP contribution >= 0.6 is 0 Å². The summed E-state index contributed by atoms with van der Waals surface area (Å²) in [6.45, 7) is 5.96. The zero-order valence-electron chi connectivity index (χ0n) is 17.5. The van der Waals surface area contributed by atoms with E-state index in [1.807, 2.05) is 32.9 Å². The number of fused-ring (bicyclic) bond motifs is 1. The molecule has 1 heterocycles. The molecular weight excluding hydrogens is 489 g/mol. The van der Waals surface area contributed by atoms with Crippen LogP contribution in [-0.2, 0) is 30.4 Å². The summed E-state index contributed by atoms with van der Waals surface area (Å²) in [7, 11) is -3.79. The van der Waals surface area contributed by atoms with Gasteiger partial charge in [0.1, 0.15) is 21.4 Å². The van der Waals surface area contributed by atoms with Crippen molar-refractivity contribution >= 4 is 21.8 Å². The molecule has 1 unspecified atom stereocenters. The van der Waals surface area contributed by atoms with Gasteiger partial charge in [-0.15, -0.1) is 11.6 Å². The van der Waals surface area contributed by atoms with E-state index in [-0.39, 0.29) is 36.8 Å². The van der Waals surface area contributed by atoms with Crippen molar-refractivity contribution in [2.75, 3.05) is 0 Å². The van der Waals surface area contributed by atoms with Crippen LogP contribution in [0.15, 0.2) is 47.4 Å². The minimum Gasteiger partial charge on any atom is -0.573 e. The summed E-state index contributed by atoms with van der Waals surface area (Å²) in [6.07, 6.45) is 10.7. The van der Waals surface area contributed by atoms with E-state index in [1.165, 1.54) is 6.42 Å². The van der Waals surface area contributed by atoms with Crippen LogP contribution in [0.1, 0.15) is 62.1 Å². The van der Waals surface area contributed by atoms with Crippen LogP contribution in [0, 0.1) is 13.3 Å². The number of aryl methyl sites for hydroxylation is 1. The van der Waals surface area contributed by atoms with Crippen molar-refractivity contribution in [2.45, 2.75) is 62.9 Å². The van der Waals surface area contributed by atoms with Crippen LogP contribution in [0.4, 0.5) is 5.69 Å². The third kappa shape index (κ3) is 4.82. The standard InChI is InChI=1S/C24H27NO3S.Pd/c1-17-9-11-19(12-10-17)29(26,27)25-21-13-14-22-20(15-16-24(2,3)28-22)23(21)18-7-5-4-6-8-18;/h7,9-16,18H,4-6,8H2,1-3H3;/q-2;+2. The van der Waals surface area contributed by atoms with Crippen LogP contribution in [0.25, 0.3) is 10.8 Å². The van der Waals surface area contributed by atoms with Gasteiger partial charge in [-0.3, -0.25) is 0 Å². The van der Waals surface area contributed by atoms with Crippen LogP contribution in [-0.4, -0.2) is 14.0 Å². The molecular formula is C24H27NO3PdS. The number of nitrogens with zero attached hydrogens (tertiary/aromatic N) is 1. The van der Waals surface area contributed by atoms with E-state index in [4.69, 9.17) is 4.74 Å². The molecule has 0 aromatic heterocycles. The number of sulfonamides is 1. The van der Waals surface area contributed by atoms with E-state index < -0.39 is 10.0 Å². The normalized spacial score (nSPS) is 19.9. The first-order valence-corrected chi connectivity index (χ1v) is 11.6. The van der Waals surface area contributed by atoms with Crippen LogP contribution in [0.2, 0.25) is 0 Å². The second-order valence-corrected chi connectivity index (χ2v) is 10.1. The predicted molar refractivity (Wildman–Crippen MR) is 117 cm³/mol. The van der Waals surface area contributed by atoms with Crippen LogP contribution in [0.5, 0.6) is 5.75 Å². The number of benzene rings is 2. The molecule has 1 aliphatic heterocycles. The molecule has 1 saturated carbocycles. The molecule has 4 nitrogen and oxygen atoms in total. The Kier molecular flexibility index (Phi) is 6.82. The summed E-state index contributed by atoms with van der Waals surface area (Å²) < 4.78 is 36.4. The zero-order chi connectivity index (χ0) is 20.6. The molecule has 0 spiro atoms. The molecule has 4 rings (SSSR count). The van der Waals surface area contributed by atoms with Gasteiger partial charge < -0.3 is 15.9 Å². The molecule has 1 fully saturated rings. The zero-order valence-corrected chi connectivity index (χ0v) is 19.9. The number of hydrogen-bond acceptors (Lipinski definition) is 3. The van der Waals surface area contributed by atoms with Gasteiger partial charge in [0.25, 0.3) is 0 Å². The number of ether oxygens (including phenoxy) is 1. The van der Waals surface area contributed by atoms with Gasteiger partial charge in [0.15, 0.2) is 0 Å². The Balaban J connectivity index is 0.00000256. The SMILES string of the molecule is Cc1ccc(S(=O)(=O)[N-]c2ccc3c(c2C2[CH-]CCCC2)C=CC(C)(C)O3)cc1.[Pd+2]. The molecule has 2 aromatic carbocycles. The molecule has 1 atom stereocenters. The maximum Gasteiger partial charge on any atom is 2.00 e. The van der Waals surface area contributed by atoms with Gasteiger partial charge in [-0.05, 0) is 45.0 Å². The summed E-state index contributed by atoms with van der Waals surface area (Å²) in [5.74, 6) is 0.971. The van der Waals surface area contributed by atoms with Crippen molar-refractivity contribution in [2.24, 2.45) is 0 Å². The molecule has 0 bridgehead atoms. The molecule has 30 heavy (non-hydrogen) atoms. The number of hydrogen-bond donors (Lipinski definition) is 0. The van der Waals surface area contributed by atoms with Gasteiger partial charge in [-0.2, -0.15) is 6.42 Å². The van der Waals surface area contributed by atoms with Gasteiger partial charge in [-0.25, -0.2) is 8.42 Å². The Hall–Kier alpha value is -1.61. The second-order valence-electron chi connectivity index (χ2n) is 8.46. The van der Waals surface area contributed by atoms with Crippen molar-refractivity contribution in [1.29, 1.82) is 0 Å². The van der Waals surface area contributed by atoms with Crippen molar-refractivity contribution in [3.05, 3.63) is 70.3 Å². The Morgan fingerprint density at radius 1 is 1.10 bits per heavy atom. The molecule has 0 amide bonds. The van der Waals surface area contributed by atoms with E-state index in [1.54, 1.807) is 30.3 Å². The van der Waals surface area contributed by atoms with E-state index >= 15 is 0 Å². The van der Waals surface area contributed by atoms with Gasteiger partial charge in [0.2, 0.25) is 0 Å². The third-order valence-electron chi connectivity index (χ3n) is 5.58. The van der Waals surface area contributed by atoms with Crippen LogP contribution < -0.4 is 4.74 Å². The second kappa shape index (κ2) is 8.87. The summed E-state index contributed by atoms with van der Waals surface area (Å²) >= 11 is 0. The van der Waals surface area contributed by atoms with Crippen molar-refractivity contribution in [3.8, 4) is 5.75 Å². The fourth-order valence-corrected chi connectivity index (χ4v) is 5.04. The molecule has 6 heteroatoms. The Bertz CT molecular complexity index is 1040. The van der Waals surface area contributed by atoms with E-state index in [0.29, 0.717) is 5.69 Å². The molecule has 2 aromatic rings. The molecule has 162 valence electrons. The van der Waals surface area contributed by atoms with Gasteiger partial charge >= 0.3 is 20.4 Å². The Morgan fingerprint density at radius 3 is 2.50 bits per heavy atom. The third-order valence-corrected chi connectivity index (χ3v) is 6.88. The summed E-state index contributed by atoms with van der Waals surface area (Å²) in [5, 5.41) is 0. The van der Waals surface area contributed by atoms with E-state index in [2.05, 4.69) is 17.2 Å². The smallest absolute Gasteiger partial charge is 0.573 e. The van der Waals surface area contributed by atoms with Gasteiger partial charge in [-0.1, -0.05) is 54.7 Å².